The van der Waals surface area contributed by atoms with Crippen LogP contribution < -0.4 is 5.32 Å². The molecule has 0 spiro atoms. The Balaban J connectivity index is 1.91. The average Bonchev–Trinajstić information content (AvgIpc) is 2.69. The smallest absolute Gasteiger partial charge is 0.123 e. The van der Waals surface area contributed by atoms with E-state index in [0.29, 0.717) is 13.1 Å². The van der Waals surface area contributed by atoms with Gasteiger partial charge in [0.2, 0.25) is 0 Å². The van der Waals surface area contributed by atoms with E-state index < -0.39 is 0 Å². The highest BCUT2D eigenvalue weighted by Gasteiger charge is 2.02. The lowest BCUT2D eigenvalue weighted by atomic mass is 10.2. The number of benzene rings is 1. The molecule has 1 heterocycles. The summed E-state index contributed by atoms with van der Waals surface area (Å²) >= 11 is 5.03. The minimum Gasteiger partial charge on any atom is -0.306 e. The maximum absolute atomic E-state index is 13.0. The summed E-state index contributed by atoms with van der Waals surface area (Å²) < 4.78 is 14.0. The Kier molecular flexibility index (Phi) is 4.25. The van der Waals surface area contributed by atoms with Crippen LogP contribution in [0, 0.1) is 12.7 Å². The van der Waals surface area contributed by atoms with Gasteiger partial charge in [-0.2, -0.15) is 0 Å². The first-order valence-corrected chi connectivity index (χ1v) is 6.88. The van der Waals surface area contributed by atoms with E-state index in [1.165, 1.54) is 12.1 Å². The van der Waals surface area contributed by atoms with E-state index >= 15 is 0 Å². The molecule has 0 amide bonds. The molecule has 0 saturated carbocycles. The van der Waals surface area contributed by atoms with Crippen LogP contribution in [0.25, 0.3) is 0 Å². The van der Waals surface area contributed by atoms with Gasteiger partial charge in [-0.25, -0.2) is 9.37 Å². The second-order valence-electron chi connectivity index (χ2n) is 3.72. The van der Waals surface area contributed by atoms with Crippen LogP contribution in [-0.2, 0) is 13.1 Å². The minimum atomic E-state index is -0.213. The number of rotatable bonds is 4. The van der Waals surface area contributed by atoms with E-state index in [-0.39, 0.29) is 5.82 Å². The Bertz CT molecular complexity index is 513. The quantitative estimate of drug-likeness (QED) is 0.932. The molecule has 2 aromatic rings. The topological polar surface area (TPSA) is 24.9 Å². The summed E-state index contributed by atoms with van der Waals surface area (Å²) in [5, 5.41) is 6.32. The predicted octanol–water partition coefficient (Wildman–Crippen LogP) is 3.64. The van der Waals surface area contributed by atoms with Crippen LogP contribution in [0.4, 0.5) is 4.39 Å². The first kappa shape index (κ1) is 12.7. The molecule has 2 nitrogen and oxygen atoms in total. The van der Waals surface area contributed by atoms with E-state index in [1.54, 1.807) is 17.4 Å². The van der Waals surface area contributed by atoms with Crippen LogP contribution in [0.1, 0.15) is 16.3 Å². The molecule has 5 heteroatoms. The van der Waals surface area contributed by atoms with Crippen molar-refractivity contribution in [2.24, 2.45) is 0 Å². The summed E-state index contributed by atoms with van der Waals surface area (Å²) in [6.45, 7) is 3.31. The van der Waals surface area contributed by atoms with E-state index in [2.05, 4.69) is 26.2 Å². The zero-order valence-electron chi connectivity index (χ0n) is 9.34. The van der Waals surface area contributed by atoms with Crippen LogP contribution in [-0.4, -0.2) is 4.98 Å². The van der Waals surface area contributed by atoms with Gasteiger partial charge in [-0.3, -0.25) is 0 Å². The van der Waals surface area contributed by atoms with Gasteiger partial charge in [0.25, 0.3) is 0 Å². The van der Waals surface area contributed by atoms with Crippen LogP contribution in [0.5, 0.6) is 0 Å². The molecule has 0 radical (unpaired) electrons. The van der Waals surface area contributed by atoms with Crippen molar-refractivity contribution in [1.29, 1.82) is 0 Å². The van der Waals surface area contributed by atoms with Crippen LogP contribution in [0.3, 0.4) is 0 Å². The van der Waals surface area contributed by atoms with Crippen LogP contribution >= 0.6 is 27.3 Å². The fraction of sp³-hybridized carbons (Fsp3) is 0.250. The van der Waals surface area contributed by atoms with Crippen molar-refractivity contribution in [3.05, 3.63) is 50.1 Å². The van der Waals surface area contributed by atoms with E-state index in [0.717, 1.165) is 20.7 Å². The lowest BCUT2D eigenvalue weighted by Gasteiger charge is -2.05. The Hall–Kier alpha value is -0.780. The SMILES string of the molecule is Cc1csc(CNCc2cc(F)ccc2Br)n1. The van der Waals surface area contributed by atoms with Gasteiger partial charge in [0.05, 0.1) is 0 Å². The summed E-state index contributed by atoms with van der Waals surface area (Å²) in [6, 6.07) is 4.70. The summed E-state index contributed by atoms with van der Waals surface area (Å²) in [4.78, 5) is 4.35. The summed E-state index contributed by atoms with van der Waals surface area (Å²) in [5.74, 6) is -0.213. The van der Waals surface area contributed by atoms with Gasteiger partial charge in [0.1, 0.15) is 10.8 Å². The van der Waals surface area contributed by atoms with Gasteiger partial charge in [0, 0.05) is 28.6 Å². The van der Waals surface area contributed by atoms with E-state index in [9.17, 15) is 4.39 Å². The van der Waals surface area contributed by atoms with Gasteiger partial charge in [-0.15, -0.1) is 11.3 Å². The number of halogens is 2. The number of aromatic nitrogens is 1. The van der Waals surface area contributed by atoms with Gasteiger partial charge < -0.3 is 5.32 Å². The lowest BCUT2D eigenvalue weighted by Crippen LogP contribution is -2.13. The minimum absolute atomic E-state index is 0.213. The molecule has 0 atom stereocenters. The lowest BCUT2D eigenvalue weighted by molar-refractivity contribution is 0.619. The van der Waals surface area contributed by atoms with Crippen molar-refractivity contribution in [2.45, 2.75) is 20.0 Å². The Labute approximate surface area is 112 Å². The standard InChI is InChI=1S/C12H12BrFN2S/c1-8-7-17-12(16-8)6-15-5-9-4-10(14)2-3-11(9)13/h2-4,7,15H,5-6H2,1H3. The third kappa shape index (κ3) is 3.59. The zero-order valence-corrected chi connectivity index (χ0v) is 11.7. The normalized spacial score (nSPS) is 10.8. The molecular weight excluding hydrogens is 303 g/mol. The highest BCUT2D eigenvalue weighted by atomic mass is 79.9. The molecule has 1 aromatic heterocycles. The summed E-state index contributed by atoms with van der Waals surface area (Å²) in [5.41, 5.74) is 1.96. The Morgan fingerprint density at radius 1 is 1.41 bits per heavy atom. The predicted molar refractivity (Wildman–Crippen MR) is 71.5 cm³/mol. The summed E-state index contributed by atoms with van der Waals surface area (Å²) in [6.07, 6.45) is 0. The van der Waals surface area contributed by atoms with E-state index in [1.807, 2.05) is 12.3 Å². The molecule has 1 aromatic carbocycles. The molecule has 17 heavy (non-hydrogen) atoms. The largest absolute Gasteiger partial charge is 0.306 e. The third-order valence-corrected chi connectivity index (χ3v) is 4.01. The fourth-order valence-corrected chi connectivity index (χ4v) is 2.59. The molecule has 0 unspecified atom stereocenters. The number of aryl methyl sites for hydroxylation is 1. The highest BCUT2D eigenvalue weighted by Crippen LogP contribution is 2.17. The summed E-state index contributed by atoms with van der Waals surface area (Å²) in [7, 11) is 0. The first-order chi connectivity index (χ1) is 8.15. The number of nitrogens with zero attached hydrogens (tertiary/aromatic N) is 1. The molecule has 2 rings (SSSR count). The molecule has 0 saturated heterocycles. The van der Waals surface area contributed by atoms with Crippen LogP contribution in [0.15, 0.2) is 28.1 Å². The fourth-order valence-electron chi connectivity index (χ4n) is 1.47. The molecule has 0 bridgehead atoms. The Morgan fingerprint density at radius 2 is 2.24 bits per heavy atom. The second-order valence-corrected chi connectivity index (χ2v) is 5.52. The van der Waals surface area contributed by atoms with Crippen molar-refractivity contribution in [2.75, 3.05) is 0 Å². The van der Waals surface area contributed by atoms with Gasteiger partial charge in [-0.1, -0.05) is 15.9 Å². The van der Waals surface area contributed by atoms with Crippen molar-refractivity contribution < 1.29 is 4.39 Å². The number of nitrogens with one attached hydrogen (secondary N) is 1. The number of thiazole rings is 1. The molecular formula is C12H12BrFN2S. The third-order valence-electron chi connectivity index (χ3n) is 2.27. The van der Waals surface area contributed by atoms with Crippen molar-refractivity contribution >= 4 is 27.3 Å². The molecule has 0 aliphatic rings. The molecule has 90 valence electrons. The second kappa shape index (κ2) is 5.71. The van der Waals surface area contributed by atoms with E-state index in [4.69, 9.17) is 0 Å². The number of hydrogen-bond acceptors (Lipinski definition) is 3. The molecule has 0 fully saturated rings. The monoisotopic (exact) mass is 314 g/mol. The molecule has 0 aliphatic carbocycles. The zero-order chi connectivity index (χ0) is 12.3. The van der Waals surface area contributed by atoms with Crippen molar-refractivity contribution in [3.63, 3.8) is 0 Å². The number of hydrogen-bond donors (Lipinski definition) is 1. The van der Waals surface area contributed by atoms with Crippen LogP contribution in [0.2, 0.25) is 0 Å². The van der Waals surface area contributed by atoms with Gasteiger partial charge in [-0.05, 0) is 30.7 Å². The highest BCUT2D eigenvalue weighted by molar-refractivity contribution is 9.10. The maximum Gasteiger partial charge on any atom is 0.123 e. The molecule has 0 aliphatic heterocycles. The maximum atomic E-state index is 13.0. The van der Waals surface area contributed by atoms with Crippen molar-refractivity contribution in [3.8, 4) is 0 Å². The first-order valence-electron chi connectivity index (χ1n) is 5.21. The van der Waals surface area contributed by atoms with Crippen molar-refractivity contribution in [1.82, 2.24) is 10.3 Å². The van der Waals surface area contributed by atoms with Gasteiger partial charge >= 0.3 is 0 Å². The van der Waals surface area contributed by atoms with Gasteiger partial charge in [0.15, 0.2) is 0 Å². The molecule has 1 N–H and O–H groups in total. The Morgan fingerprint density at radius 3 is 2.94 bits per heavy atom. The average molecular weight is 315 g/mol.